The largest absolute Gasteiger partial charge is 0.486 e. The second kappa shape index (κ2) is 5.01. The van der Waals surface area contributed by atoms with Crippen LogP contribution in [-0.2, 0) is 17.4 Å². The molecule has 0 saturated carbocycles. The van der Waals surface area contributed by atoms with Gasteiger partial charge >= 0.3 is 6.18 Å². The van der Waals surface area contributed by atoms with Gasteiger partial charge in [0, 0.05) is 0 Å². The van der Waals surface area contributed by atoms with Crippen LogP contribution >= 0.6 is 0 Å². The van der Waals surface area contributed by atoms with Crippen LogP contribution in [0.3, 0.4) is 0 Å². The molecule has 0 spiro atoms. The number of halogens is 3. The van der Waals surface area contributed by atoms with Crippen LogP contribution in [0, 0.1) is 0 Å². The molecule has 2 nitrogen and oxygen atoms in total. The first-order valence-corrected chi connectivity index (χ1v) is 4.75. The first-order valence-electron chi connectivity index (χ1n) is 4.75. The molecule has 0 atom stereocenters. The Morgan fingerprint density at radius 3 is 2.56 bits per heavy atom. The average Bonchev–Trinajstić information content (AvgIpc) is 2.24. The number of carbonyl (C=O) groups is 1. The van der Waals surface area contributed by atoms with Crippen molar-refractivity contribution in [3.8, 4) is 5.75 Å². The second-order valence-electron chi connectivity index (χ2n) is 3.16. The molecular formula is C11H11F3O2. The lowest BCUT2D eigenvalue weighted by molar-refractivity contribution is -0.139. The Balaban J connectivity index is 3.11. The fourth-order valence-electron chi connectivity index (χ4n) is 1.26. The summed E-state index contributed by atoms with van der Waals surface area (Å²) in [4.78, 5) is 10.1. The molecule has 0 amide bonds. The van der Waals surface area contributed by atoms with Crippen LogP contribution in [0.2, 0.25) is 0 Å². The predicted molar refractivity (Wildman–Crippen MR) is 52.4 cm³/mol. The highest BCUT2D eigenvalue weighted by Crippen LogP contribution is 2.36. The number of alkyl halides is 3. The van der Waals surface area contributed by atoms with Crippen LogP contribution in [0.4, 0.5) is 13.2 Å². The molecule has 1 aromatic carbocycles. The van der Waals surface area contributed by atoms with Crippen LogP contribution in [-0.4, -0.2) is 12.9 Å². The quantitative estimate of drug-likeness (QED) is 0.746. The summed E-state index contributed by atoms with van der Waals surface area (Å²) in [6, 6.07) is 3.68. The molecule has 1 rings (SSSR count). The van der Waals surface area contributed by atoms with Gasteiger partial charge in [0.1, 0.15) is 12.4 Å². The Bertz CT molecular complexity index is 372. The highest BCUT2D eigenvalue weighted by atomic mass is 19.4. The summed E-state index contributed by atoms with van der Waals surface area (Å²) in [6.07, 6.45) is -3.45. The van der Waals surface area contributed by atoms with Crippen molar-refractivity contribution in [3.63, 3.8) is 0 Å². The molecule has 0 N–H and O–H groups in total. The molecule has 1 aromatic rings. The van der Waals surface area contributed by atoms with Crippen molar-refractivity contribution < 1.29 is 22.7 Å². The molecular weight excluding hydrogens is 221 g/mol. The van der Waals surface area contributed by atoms with E-state index in [2.05, 4.69) is 0 Å². The smallest absolute Gasteiger partial charge is 0.419 e. The van der Waals surface area contributed by atoms with Gasteiger partial charge in [-0.3, -0.25) is 4.79 Å². The van der Waals surface area contributed by atoms with Crippen molar-refractivity contribution in [2.45, 2.75) is 19.5 Å². The fraction of sp³-hybridized carbons (Fsp3) is 0.364. The Morgan fingerprint density at radius 1 is 1.38 bits per heavy atom. The van der Waals surface area contributed by atoms with E-state index < -0.39 is 11.7 Å². The molecule has 5 heteroatoms. The van der Waals surface area contributed by atoms with Gasteiger partial charge in [0.15, 0.2) is 6.29 Å². The lowest BCUT2D eigenvalue weighted by Gasteiger charge is -2.13. The number of aldehydes is 1. The van der Waals surface area contributed by atoms with Crippen molar-refractivity contribution in [2.75, 3.05) is 6.61 Å². The Labute approximate surface area is 91.0 Å². The first-order chi connectivity index (χ1) is 7.49. The second-order valence-corrected chi connectivity index (χ2v) is 3.16. The van der Waals surface area contributed by atoms with Gasteiger partial charge in [-0.15, -0.1) is 0 Å². The number of hydrogen-bond donors (Lipinski definition) is 0. The van der Waals surface area contributed by atoms with E-state index >= 15 is 0 Å². The molecule has 0 bridgehead atoms. The number of aryl methyl sites for hydroxylation is 1. The van der Waals surface area contributed by atoms with E-state index in [-0.39, 0.29) is 12.4 Å². The number of rotatable bonds is 4. The molecule has 0 aliphatic carbocycles. The minimum atomic E-state index is -4.47. The van der Waals surface area contributed by atoms with E-state index in [4.69, 9.17) is 4.74 Å². The van der Waals surface area contributed by atoms with Crippen LogP contribution in [0.5, 0.6) is 5.75 Å². The zero-order chi connectivity index (χ0) is 12.2. The van der Waals surface area contributed by atoms with Gasteiger partial charge < -0.3 is 4.74 Å². The summed E-state index contributed by atoms with van der Waals surface area (Å²) in [7, 11) is 0. The van der Waals surface area contributed by atoms with Gasteiger partial charge in [-0.2, -0.15) is 13.2 Å². The molecule has 0 fully saturated rings. The van der Waals surface area contributed by atoms with E-state index in [1.54, 1.807) is 0 Å². The maximum Gasteiger partial charge on any atom is 0.419 e. The minimum absolute atomic E-state index is 0.293. The SMILES string of the molecule is CCc1ccc(C(F)(F)F)c(OCC=O)c1. The lowest BCUT2D eigenvalue weighted by Crippen LogP contribution is -2.10. The fourth-order valence-corrected chi connectivity index (χ4v) is 1.26. The third-order valence-electron chi connectivity index (χ3n) is 2.07. The number of hydrogen-bond acceptors (Lipinski definition) is 2. The molecule has 0 heterocycles. The summed E-state index contributed by atoms with van der Waals surface area (Å²) in [5.41, 5.74) is -0.125. The first kappa shape index (κ1) is 12.5. The highest BCUT2D eigenvalue weighted by molar-refractivity contribution is 5.52. The zero-order valence-corrected chi connectivity index (χ0v) is 8.67. The topological polar surface area (TPSA) is 26.3 Å². The number of carbonyl (C=O) groups excluding carboxylic acids is 1. The van der Waals surface area contributed by atoms with E-state index in [1.165, 1.54) is 12.1 Å². The van der Waals surface area contributed by atoms with Crippen molar-refractivity contribution in [2.24, 2.45) is 0 Å². The molecule has 16 heavy (non-hydrogen) atoms. The summed E-state index contributed by atoms with van der Waals surface area (Å²) >= 11 is 0. The molecule has 0 unspecified atom stereocenters. The molecule has 0 aliphatic heterocycles. The summed E-state index contributed by atoms with van der Waals surface area (Å²) < 4.78 is 42.4. The summed E-state index contributed by atoms with van der Waals surface area (Å²) in [6.45, 7) is 1.45. The van der Waals surface area contributed by atoms with Gasteiger partial charge in [0.2, 0.25) is 0 Å². The highest BCUT2D eigenvalue weighted by Gasteiger charge is 2.34. The van der Waals surface area contributed by atoms with E-state index in [1.807, 2.05) is 6.92 Å². The Hall–Kier alpha value is -1.52. The van der Waals surface area contributed by atoms with E-state index in [0.29, 0.717) is 12.7 Å². The van der Waals surface area contributed by atoms with Gasteiger partial charge in [0.25, 0.3) is 0 Å². The van der Waals surface area contributed by atoms with Gasteiger partial charge in [0.05, 0.1) is 5.56 Å². The van der Waals surface area contributed by atoms with Crippen molar-refractivity contribution in [1.29, 1.82) is 0 Å². The Kier molecular flexibility index (Phi) is 3.93. The third-order valence-corrected chi connectivity index (χ3v) is 2.07. The minimum Gasteiger partial charge on any atom is -0.486 e. The van der Waals surface area contributed by atoms with E-state index in [9.17, 15) is 18.0 Å². The monoisotopic (exact) mass is 232 g/mol. The van der Waals surface area contributed by atoms with Crippen LogP contribution in [0.25, 0.3) is 0 Å². The third kappa shape index (κ3) is 2.98. The summed E-state index contributed by atoms with van der Waals surface area (Å²) in [5, 5.41) is 0. The van der Waals surface area contributed by atoms with Crippen LogP contribution < -0.4 is 4.74 Å². The molecule has 0 saturated heterocycles. The maximum atomic E-state index is 12.5. The van der Waals surface area contributed by atoms with Gasteiger partial charge in [-0.05, 0) is 24.1 Å². The molecule has 0 aliphatic rings. The van der Waals surface area contributed by atoms with Crippen LogP contribution in [0.1, 0.15) is 18.1 Å². The molecule has 88 valence electrons. The predicted octanol–water partition coefficient (Wildman–Crippen LogP) is 2.85. The van der Waals surface area contributed by atoms with Crippen molar-refractivity contribution in [3.05, 3.63) is 29.3 Å². The van der Waals surface area contributed by atoms with Gasteiger partial charge in [-0.1, -0.05) is 13.0 Å². The molecule has 0 aromatic heterocycles. The maximum absolute atomic E-state index is 12.5. The summed E-state index contributed by atoms with van der Waals surface area (Å²) in [5.74, 6) is -0.293. The van der Waals surface area contributed by atoms with Crippen LogP contribution in [0.15, 0.2) is 18.2 Å². The normalized spacial score (nSPS) is 11.2. The number of benzene rings is 1. The zero-order valence-electron chi connectivity index (χ0n) is 8.67. The Morgan fingerprint density at radius 2 is 2.06 bits per heavy atom. The van der Waals surface area contributed by atoms with Crippen molar-refractivity contribution in [1.82, 2.24) is 0 Å². The average molecular weight is 232 g/mol. The molecule has 0 radical (unpaired) electrons. The standard InChI is InChI=1S/C11H11F3O2/c1-2-8-3-4-9(11(12,13)14)10(7-8)16-6-5-15/h3-5,7H,2,6H2,1H3. The van der Waals surface area contributed by atoms with Gasteiger partial charge in [-0.25, -0.2) is 0 Å². The number of ether oxygens (including phenoxy) is 1. The van der Waals surface area contributed by atoms with Crippen molar-refractivity contribution >= 4 is 6.29 Å². The lowest BCUT2D eigenvalue weighted by atomic mass is 10.1. The van der Waals surface area contributed by atoms with E-state index in [0.717, 1.165) is 11.6 Å².